The second kappa shape index (κ2) is 9.09. The number of esters is 1. The summed E-state index contributed by atoms with van der Waals surface area (Å²) in [6.07, 6.45) is 0. The molecule has 0 saturated carbocycles. The molecule has 1 aromatic heterocycles. The number of rotatable bonds is 7. The zero-order valence-corrected chi connectivity index (χ0v) is 16.9. The predicted octanol–water partition coefficient (Wildman–Crippen LogP) is 4.83. The molecule has 30 heavy (non-hydrogen) atoms. The Morgan fingerprint density at radius 1 is 1.23 bits per heavy atom. The summed E-state index contributed by atoms with van der Waals surface area (Å²) in [5.74, 6) is -3.72. The smallest absolute Gasteiger partial charge is 0.338 e. The summed E-state index contributed by atoms with van der Waals surface area (Å²) >= 11 is 2.41. The number of ketones is 1. The number of aromatic nitrogens is 1. The first-order chi connectivity index (χ1) is 14.2. The number of ether oxygens (including phenoxy) is 1. The number of nitro groups is 1. The van der Waals surface area contributed by atoms with Crippen LogP contribution in [0.15, 0.2) is 51.0 Å². The molecule has 11 heteroatoms. The Morgan fingerprint density at radius 2 is 2.00 bits per heavy atom. The summed E-state index contributed by atoms with van der Waals surface area (Å²) in [7, 11) is 0. The number of thiazole rings is 1. The van der Waals surface area contributed by atoms with Crippen molar-refractivity contribution in [3.63, 3.8) is 0 Å². The third kappa shape index (κ3) is 5.05. The molecule has 0 fully saturated rings. The van der Waals surface area contributed by atoms with Gasteiger partial charge in [-0.1, -0.05) is 11.8 Å². The van der Waals surface area contributed by atoms with E-state index in [-0.39, 0.29) is 16.1 Å². The van der Waals surface area contributed by atoms with Gasteiger partial charge in [0.25, 0.3) is 5.69 Å². The van der Waals surface area contributed by atoms with Gasteiger partial charge in [-0.2, -0.15) is 0 Å². The Balaban J connectivity index is 1.74. The maximum absolute atomic E-state index is 13.6. The summed E-state index contributed by atoms with van der Waals surface area (Å²) in [5, 5.41) is 13.2. The molecule has 0 atom stereocenters. The lowest BCUT2D eigenvalue weighted by atomic mass is 10.1. The van der Waals surface area contributed by atoms with Gasteiger partial charge in [0.2, 0.25) is 5.78 Å². The van der Waals surface area contributed by atoms with Crippen LogP contribution < -0.4 is 0 Å². The molecule has 0 aliphatic carbocycles. The molecule has 0 unspecified atom stereocenters. The van der Waals surface area contributed by atoms with Gasteiger partial charge < -0.3 is 4.74 Å². The molecule has 2 aromatic carbocycles. The summed E-state index contributed by atoms with van der Waals surface area (Å²) in [6, 6.07) is 6.05. The first-order valence-corrected chi connectivity index (χ1v) is 9.98. The Hall–Kier alpha value is -3.18. The van der Waals surface area contributed by atoms with Crippen LogP contribution in [-0.2, 0) is 4.74 Å². The van der Waals surface area contributed by atoms with Crippen molar-refractivity contribution in [1.82, 2.24) is 4.98 Å². The van der Waals surface area contributed by atoms with Gasteiger partial charge in [-0.15, -0.1) is 11.3 Å². The average molecular weight is 450 g/mol. The highest BCUT2D eigenvalue weighted by molar-refractivity contribution is 8.01. The van der Waals surface area contributed by atoms with Gasteiger partial charge in [-0.25, -0.2) is 18.6 Å². The van der Waals surface area contributed by atoms with Crippen LogP contribution in [0.3, 0.4) is 0 Å². The number of aryl methyl sites for hydroxylation is 1. The third-order valence-corrected chi connectivity index (χ3v) is 5.87. The van der Waals surface area contributed by atoms with E-state index in [1.807, 2.05) is 0 Å². The molecule has 154 valence electrons. The van der Waals surface area contributed by atoms with Crippen LogP contribution in [0.1, 0.15) is 26.4 Å². The van der Waals surface area contributed by atoms with E-state index >= 15 is 0 Å². The number of Topliss-reactive ketones (excluding diaryl/α,β-unsaturated/α-hetero) is 1. The summed E-state index contributed by atoms with van der Waals surface area (Å²) < 4.78 is 32.2. The number of benzene rings is 2. The molecule has 1 heterocycles. The number of carbonyl (C=O) groups excluding carboxylic acids is 2. The number of halogens is 2. The number of nitrogens with zero attached hydrogens (tertiary/aromatic N) is 2. The van der Waals surface area contributed by atoms with Crippen LogP contribution >= 0.6 is 23.1 Å². The van der Waals surface area contributed by atoms with Crippen LogP contribution in [-0.4, -0.2) is 28.3 Å². The quantitative estimate of drug-likeness (QED) is 0.220. The standard InChI is InChI=1S/C19H12F2N2O5S2/c1-10-9-29-19(22-10)30-17-5-2-11(6-15(17)23(26)27)18(25)28-8-16(24)13-7-12(20)3-4-14(13)21/h2-7,9H,8H2,1H3. The topological polar surface area (TPSA) is 99.4 Å². The van der Waals surface area contributed by atoms with Gasteiger partial charge in [0.1, 0.15) is 11.6 Å². The van der Waals surface area contributed by atoms with Gasteiger partial charge in [0.15, 0.2) is 10.9 Å². The molecule has 0 amide bonds. The van der Waals surface area contributed by atoms with E-state index in [4.69, 9.17) is 4.74 Å². The largest absolute Gasteiger partial charge is 0.454 e. The minimum Gasteiger partial charge on any atom is -0.454 e. The molecule has 7 nitrogen and oxygen atoms in total. The lowest BCUT2D eigenvalue weighted by Crippen LogP contribution is -2.16. The lowest BCUT2D eigenvalue weighted by molar-refractivity contribution is -0.387. The molecule has 0 N–H and O–H groups in total. The lowest BCUT2D eigenvalue weighted by Gasteiger charge is -2.07. The van der Waals surface area contributed by atoms with Gasteiger partial charge in [0, 0.05) is 17.1 Å². The Bertz CT molecular complexity index is 1150. The average Bonchev–Trinajstić information content (AvgIpc) is 3.12. The van der Waals surface area contributed by atoms with E-state index in [0.29, 0.717) is 10.4 Å². The van der Waals surface area contributed by atoms with Crippen LogP contribution in [0.2, 0.25) is 0 Å². The normalized spacial score (nSPS) is 10.6. The molecular weight excluding hydrogens is 438 g/mol. The van der Waals surface area contributed by atoms with E-state index < -0.39 is 40.5 Å². The fourth-order valence-electron chi connectivity index (χ4n) is 2.35. The van der Waals surface area contributed by atoms with Gasteiger partial charge >= 0.3 is 5.97 Å². The molecule has 0 aliphatic heterocycles. The van der Waals surface area contributed by atoms with Crippen molar-refractivity contribution in [2.24, 2.45) is 0 Å². The minimum absolute atomic E-state index is 0.158. The highest BCUT2D eigenvalue weighted by Gasteiger charge is 2.21. The molecule has 3 rings (SSSR count). The van der Waals surface area contributed by atoms with E-state index in [9.17, 15) is 28.5 Å². The summed E-state index contributed by atoms with van der Waals surface area (Å²) in [5.41, 5.74) is -0.261. The zero-order valence-electron chi connectivity index (χ0n) is 15.3. The Kier molecular flexibility index (Phi) is 6.53. The first-order valence-electron chi connectivity index (χ1n) is 8.28. The van der Waals surface area contributed by atoms with Crippen molar-refractivity contribution < 1.29 is 28.0 Å². The molecule has 0 radical (unpaired) electrons. The van der Waals surface area contributed by atoms with Crippen LogP contribution in [0, 0.1) is 28.7 Å². The van der Waals surface area contributed by atoms with Crippen molar-refractivity contribution in [3.8, 4) is 0 Å². The van der Waals surface area contributed by atoms with Crippen molar-refractivity contribution >= 4 is 40.5 Å². The number of carbonyl (C=O) groups is 2. The van der Waals surface area contributed by atoms with Crippen molar-refractivity contribution in [3.05, 3.63) is 80.3 Å². The van der Waals surface area contributed by atoms with E-state index in [1.54, 1.807) is 12.3 Å². The van der Waals surface area contributed by atoms with Gasteiger partial charge in [-0.3, -0.25) is 14.9 Å². The maximum Gasteiger partial charge on any atom is 0.338 e. The Morgan fingerprint density at radius 3 is 2.67 bits per heavy atom. The van der Waals surface area contributed by atoms with E-state index in [2.05, 4.69) is 4.98 Å². The SMILES string of the molecule is Cc1csc(Sc2ccc(C(=O)OCC(=O)c3cc(F)ccc3F)cc2[N+](=O)[O-])n1. The van der Waals surface area contributed by atoms with Crippen molar-refractivity contribution in [2.45, 2.75) is 16.2 Å². The fraction of sp³-hybridized carbons (Fsp3) is 0.105. The number of hydrogen-bond donors (Lipinski definition) is 0. The molecular formula is C19H12F2N2O5S2. The van der Waals surface area contributed by atoms with Crippen molar-refractivity contribution in [2.75, 3.05) is 6.61 Å². The van der Waals surface area contributed by atoms with E-state index in [0.717, 1.165) is 35.7 Å². The first kappa shape index (κ1) is 21.5. The van der Waals surface area contributed by atoms with Crippen LogP contribution in [0.5, 0.6) is 0 Å². The third-order valence-electron chi connectivity index (χ3n) is 3.75. The predicted molar refractivity (Wildman–Crippen MR) is 105 cm³/mol. The summed E-state index contributed by atoms with van der Waals surface area (Å²) in [4.78, 5) is 39.5. The maximum atomic E-state index is 13.6. The molecule has 0 spiro atoms. The van der Waals surface area contributed by atoms with Crippen molar-refractivity contribution in [1.29, 1.82) is 0 Å². The summed E-state index contributed by atoms with van der Waals surface area (Å²) in [6.45, 7) is 0.951. The van der Waals surface area contributed by atoms with Gasteiger partial charge in [-0.05, 0) is 37.3 Å². The number of nitro benzene ring substituents is 1. The second-order valence-electron chi connectivity index (χ2n) is 5.92. The molecule has 0 bridgehead atoms. The molecule has 0 aliphatic rings. The monoisotopic (exact) mass is 450 g/mol. The highest BCUT2D eigenvalue weighted by Crippen LogP contribution is 2.36. The van der Waals surface area contributed by atoms with Crippen LogP contribution in [0.25, 0.3) is 0 Å². The second-order valence-corrected chi connectivity index (χ2v) is 8.07. The number of hydrogen-bond acceptors (Lipinski definition) is 8. The Labute approximate surface area is 176 Å². The van der Waals surface area contributed by atoms with Gasteiger partial charge in [0.05, 0.1) is 20.9 Å². The fourth-order valence-corrected chi connectivity index (χ4v) is 4.23. The minimum atomic E-state index is -1.01. The molecule has 3 aromatic rings. The molecule has 0 saturated heterocycles. The van der Waals surface area contributed by atoms with E-state index in [1.165, 1.54) is 23.5 Å². The highest BCUT2D eigenvalue weighted by atomic mass is 32.2. The van der Waals surface area contributed by atoms with Crippen LogP contribution in [0.4, 0.5) is 14.5 Å². The zero-order chi connectivity index (χ0) is 21.8.